The Morgan fingerprint density at radius 2 is 2.00 bits per heavy atom. The van der Waals surface area contributed by atoms with E-state index >= 15 is 0 Å². The van der Waals surface area contributed by atoms with Crippen molar-refractivity contribution in [1.29, 1.82) is 0 Å². The van der Waals surface area contributed by atoms with Gasteiger partial charge in [-0.25, -0.2) is 14.5 Å². The smallest absolute Gasteiger partial charge is 0.182 e. The molecule has 4 aromatic heterocycles. The summed E-state index contributed by atoms with van der Waals surface area (Å²) in [6.07, 6.45) is 5.17. The molecule has 0 N–H and O–H groups in total. The number of rotatable bonds is 1. The molecule has 0 aliphatic carbocycles. The second-order valence-corrected chi connectivity index (χ2v) is 4.72. The third-order valence-corrected chi connectivity index (χ3v) is 3.56. The lowest BCUT2D eigenvalue weighted by Crippen LogP contribution is -1.88. The molecule has 5 nitrogen and oxygen atoms in total. The quantitative estimate of drug-likeness (QED) is 0.522. The number of hydrogen-bond acceptors (Lipinski definition) is 5. The van der Waals surface area contributed by atoms with Crippen LogP contribution < -0.4 is 0 Å². The second-order valence-electron chi connectivity index (χ2n) is 3.82. The fourth-order valence-electron chi connectivity index (χ4n) is 1.89. The third kappa shape index (κ3) is 1.32. The summed E-state index contributed by atoms with van der Waals surface area (Å²) in [4.78, 5) is 13.9. The zero-order chi connectivity index (χ0) is 11.9. The summed E-state index contributed by atoms with van der Waals surface area (Å²) >= 11 is 1.61. The van der Waals surface area contributed by atoms with Gasteiger partial charge in [0.15, 0.2) is 11.5 Å². The molecule has 0 unspecified atom stereocenters. The average Bonchev–Trinajstić information content (AvgIpc) is 3.05. The van der Waals surface area contributed by atoms with Gasteiger partial charge in [-0.1, -0.05) is 0 Å². The van der Waals surface area contributed by atoms with Crippen LogP contribution in [-0.4, -0.2) is 24.6 Å². The van der Waals surface area contributed by atoms with Crippen molar-refractivity contribution in [3.63, 3.8) is 0 Å². The van der Waals surface area contributed by atoms with Gasteiger partial charge in [0.1, 0.15) is 11.2 Å². The van der Waals surface area contributed by atoms with Gasteiger partial charge in [0.2, 0.25) is 0 Å². The van der Waals surface area contributed by atoms with Crippen LogP contribution in [-0.2, 0) is 0 Å². The number of pyridine rings is 1. The first-order chi connectivity index (χ1) is 8.92. The Balaban J connectivity index is 2.04. The molecular weight excluding hydrogens is 246 g/mol. The van der Waals surface area contributed by atoms with Crippen LogP contribution in [0, 0.1) is 0 Å². The predicted octanol–water partition coefficient (Wildman–Crippen LogP) is 2.40. The predicted molar refractivity (Wildman–Crippen MR) is 69.4 cm³/mol. The van der Waals surface area contributed by atoms with E-state index in [2.05, 4.69) is 20.1 Å². The summed E-state index contributed by atoms with van der Waals surface area (Å²) in [7, 11) is 0. The van der Waals surface area contributed by atoms with Gasteiger partial charge in [-0.15, -0.1) is 16.4 Å². The molecule has 4 rings (SSSR count). The molecule has 0 aliphatic rings. The summed E-state index contributed by atoms with van der Waals surface area (Å²) in [6, 6.07) is 5.81. The molecule has 6 heteroatoms. The van der Waals surface area contributed by atoms with Crippen LogP contribution in [0.2, 0.25) is 0 Å². The van der Waals surface area contributed by atoms with Crippen LogP contribution in [0.4, 0.5) is 0 Å². The monoisotopic (exact) mass is 253 g/mol. The molecule has 0 radical (unpaired) electrons. The number of fused-ring (bicyclic) bond motifs is 3. The Labute approximate surface area is 106 Å². The maximum Gasteiger partial charge on any atom is 0.182 e. The lowest BCUT2D eigenvalue weighted by molar-refractivity contribution is 0.940. The maximum absolute atomic E-state index is 4.57. The Kier molecular flexibility index (Phi) is 1.92. The first-order valence-corrected chi connectivity index (χ1v) is 6.29. The lowest BCUT2D eigenvalue weighted by atomic mass is 10.2. The Bertz CT molecular complexity index is 833. The summed E-state index contributed by atoms with van der Waals surface area (Å²) in [5.74, 6) is 0.693. The highest BCUT2D eigenvalue weighted by molar-refractivity contribution is 7.16. The van der Waals surface area contributed by atoms with Crippen molar-refractivity contribution < 1.29 is 0 Å². The van der Waals surface area contributed by atoms with Crippen LogP contribution in [0.25, 0.3) is 27.3 Å². The minimum atomic E-state index is 0.693. The summed E-state index contributed by atoms with van der Waals surface area (Å²) in [5.41, 5.74) is 1.80. The van der Waals surface area contributed by atoms with E-state index in [4.69, 9.17) is 0 Å². The van der Waals surface area contributed by atoms with Crippen molar-refractivity contribution in [2.45, 2.75) is 0 Å². The van der Waals surface area contributed by atoms with Crippen molar-refractivity contribution >= 4 is 27.2 Å². The van der Waals surface area contributed by atoms with Gasteiger partial charge in [-0.2, -0.15) is 0 Å². The average molecular weight is 253 g/mol. The van der Waals surface area contributed by atoms with E-state index in [0.717, 1.165) is 21.4 Å². The van der Waals surface area contributed by atoms with Crippen LogP contribution in [0.5, 0.6) is 0 Å². The highest BCUT2D eigenvalue weighted by atomic mass is 32.1. The van der Waals surface area contributed by atoms with Crippen molar-refractivity contribution in [3.8, 4) is 11.4 Å². The number of hydrogen-bond donors (Lipinski definition) is 0. The zero-order valence-electron chi connectivity index (χ0n) is 9.19. The standard InChI is InChI=1S/C12H7N5S/c1-4-13-5-2-8(1)10-15-11-9-3-6-18-12(9)14-7-17(11)16-10/h1-7H. The molecule has 0 atom stereocenters. The molecule has 4 heterocycles. The van der Waals surface area contributed by atoms with Crippen molar-refractivity contribution in [2.75, 3.05) is 0 Å². The van der Waals surface area contributed by atoms with Crippen molar-refractivity contribution in [2.24, 2.45) is 0 Å². The Morgan fingerprint density at radius 3 is 2.89 bits per heavy atom. The highest BCUT2D eigenvalue weighted by Gasteiger charge is 2.10. The van der Waals surface area contributed by atoms with Gasteiger partial charge in [-0.05, 0) is 23.6 Å². The molecule has 0 spiro atoms. The molecular formula is C12H7N5S. The van der Waals surface area contributed by atoms with E-state index in [-0.39, 0.29) is 0 Å². The van der Waals surface area contributed by atoms with Crippen molar-refractivity contribution in [3.05, 3.63) is 42.3 Å². The number of aromatic nitrogens is 5. The van der Waals surface area contributed by atoms with Gasteiger partial charge < -0.3 is 0 Å². The maximum atomic E-state index is 4.57. The van der Waals surface area contributed by atoms with E-state index < -0.39 is 0 Å². The van der Waals surface area contributed by atoms with Gasteiger partial charge in [-0.3, -0.25) is 4.98 Å². The molecule has 0 amide bonds. The van der Waals surface area contributed by atoms with Crippen LogP contribution in [0.15, 0.2) is 42.3 Å². The molecule has 0 saturated carbocycles. The summed E-state index contributed by atoms with van der Waals surface area (Å²) < 4.78 is 1.71. The molecule has 0 aliphatic heterocycles. The molecule has 0 aromatic carbocycles. The second kappa shape index (κ2) is 3.58. The number of thiophene rings is 1. The van der Waals surface area contributed by atoms with Gasteiger partial charge in [0, 0.05) is 18.0 Å². The topological polar surface area (TPSA) is 56.0 Å². The lowest BCUT2D eigenvalue weighted by Gasteiger charge is -1.90. The first-order valence-electron chi connectivity index (χ1n) is 5.41. The van der Waals surface area contributed by atoms with E-state index in [1.54, 1.807) is 34.6 Å². The van der Waals surface area contributed by atoms with Crippen LogP contribution in [0.3, 0.4) is 0 Å². The molecule has 0 bridgehead atoms. The van der Waals surface area contributed by atoms with E-state index in [9.17, 15) is 0 Å². The molecule has 18 heavy (non-hydrogen) atoms. The van der Waals surface area contributed by atoms with Gasteiger partial charge in [0.05, 0.1) is 5.39 Å². The summed E-state index contributed by atoms with van der Waals surface area (Å²) in [6.45, 7) is 0. The normalized spacial score (nSPS) is 11.3. The minimum absolute atomic E-state index is 0.693. The van der Waals surface area contributed by atoms with Gasteiger partial charge in [0.25, 0.3) is 0 Å². The van der Waals surface area contributed by atoms with Gasteiger partial charge >= 0.3 is 0 Å². The molecule has 0 saturated heterocycles. The highest BCUT2D eigenvalue weighted by Crippen LogP contribution is 2.23. The van der Waals surface area contributed by atoms with Crippen LogP contribution in [0.1, 0.15) is 0 Å². The van der Waals surface area contributed by atoms with Crippen molar-refractivity contribution in [1.82, 2.24) is 24.6 Å². The third-order valence-electron chi connectivity index (χ3n) is 2.74. The zero-order valence-corrected chi connectivity index (χ0v) is 10.0. The fourth-order valence-corrected chi connectivity index (χ4v) is 2.62. The Morgan fingerprint density at radius 1 is 1.11 bits per heavy atom. The fraction of sp³-hybridized carbons (Fsp3) is 0. The van der Waals surface area contributed by atoms with E-state index in [1.165, 1.54) is 0 Å². The largest absolute Gasteiger partial charge is 0.265 e. The molecule has 0 fully saturated rings. The SMILES string of the molecule is c1cc(-c2nc3c4ccsc4ncn3n2)ccn1. The van der Waals surface area contributed by atoms with E-state index in [1.807, 2.05) is 23.6 Å². The summed E-state index contributed by atoms with van der Waals surface area (Å²) in [5, 5.41) is 7.48. The Hall–Kier alpha value is -2.34. The number of nitrogens with zero attached hydrogens (tertiary/aromatic N) is 5. The first kappa shape index (κ1) is 9.67. The van der Waals surface area contributed by atoms with Crippen LogP contribution >= 0.6 is 11.3 Å². The minimum Gasteiger partial charge on any atom is -0.265 e. The molecule has 4 aromatic rings. The van der Waals surface area contributed by atoms with E-state index in [0.29, 0.717) is 5.82 Å². The molecule has 86 valence electrons.